The summed E-state index contributed by atoms with van der Waals surface area (Å²) in [6.45, 7) is 0.319. The molecule has 0 spiro atoms. The molecule has 2 heterocycles. The van der Waals surface area contributed by atoms with E-state index >= 15 is 0 Å². The summed E-state index contributed by atoms with van der Waals surface area (Å²) in [5.41, 5.74) is 1.20. The number of rotatable bonds is 3. The molecule has 2 aliphatic rings. The van der Waals surface area contributed by atoms with Crippen molar-refractivity contribution in [3.63, 3.8) is 0 Å². The lowest BCUT2D eigenvalue weighted by Gasteiger charge is -2.40. The minimum absolute atomic E-state index is 0.0233. The lowest BCUT2D eigenvalue weighted by molar-refractivity contribution is -0.137. The number of fused-ring (bicyclic) bond motifs is 1. The maximum atomic E-state index is 12.5. The molecule has 2 amide bonds. The van der Waals surface area contributed by atoms with E-state index in [1.165, 1.54) is 6.20 Å². The maximum absolute atomic E-state index is 12.5. The van der Waals surface area contributed by atoms with Crippen LogP contribution in [0, 0.1) is 23.2 Å². The summed E-state index contributed by atoms with van der Waals surface area (Å²) in [7, 11) is 0. The highest BCUT2D eigenvalue weighted by Crippen LogP contribution is 2.35. The molecule has 2 fully saturated rings. The summed E-state index contributed by atoms with van der Waals surface area (Å²) in [6, 6.07) is 5.57. The highest BCUT2D eigenvalue weighted by Gasteiger charge is 2.41. The molecule has 1 aromatic heterocycles. The molecule has 6 heteroatoms. The van der Waals surface area contributed by atoms with Crippen molar-refractivity contribution in [3.05, 3.63) is 29.6 Å². The van der Waals surface area contributed by atoms with Crippen LogP contribution < -0.4 is 10.6 Å². The van der Waals surface area contributed by atoms with Gasteiger partial charge in [0.1, 0.15) is 6.07 Å². The van der Waals surface area contributed by atoms with Crippen molar-refractivity contribution in [3.8, 4) is 6.07 Å². The van der Waals surface area contributed by atoms with Crippen LogP contribution in [0.25, 0.3) is 0 Å². The monoisotopic (exact) mass is 312 g/mol. The van der Waals surface area contributed by atoms with Gasteiger partial charge in [-0.3, -0.25) is 14.6 Å². The number of nitrogens with zero attached hydrogens (tertiary/aromatic N) is 2. The number of nitriles is 1. The number of pyridine rings is 1. The second-order valence-electron chi connectivity index (χ2n) is 6.30. The van der Waals surface area contributed by atoms with Crippen LogP contribution in [0.4, 0.5) is 0 Å². The third-order valence-electron chi connectivity index (χ3n) is 4.82. The van der Waals surface area contributed by atoms with Gasteiger partial charge in [-0.05, 0) is 30.9 Å². The zero-order valence-corrected chi connectivity index (χ0v) is 12.9. The lowest BCUT2D eigenvalue weighted by Crippen LogP contribution is -2.54. The van der Waals surface area contributed by atoms with Gasteiger partial charge < -0.3 is 10.6 Å². The third kappa shape index (κ3) is 3.50. The SMILES string of the molecule is N#Cc1ccc(CNC(=O)C2CC(=O)NC3CCCCC32)nc1. The summed E-state index contributed by atoms with van der Waals surface area (Å²) >= 11 is 0. The molecule has 0 bridgehead atoms. The van der Waals surface area contributed by atoms with Gasteiger partial charge >= 0.3 is 0 Å². The second kappa shape index (κ2) is 6.78. The van der Waals surface area contributed by atoms with Crippen LogP contribution in [0.15, 0.2) is 18.3 Å². The predicted octanol–water partition coefficient (Wildman–Crippen LogP) is 1.26. The Morgan fingerprint density at radius 3 is 2.96 bits per heavy atom. The summed E-state index contributed by atoms with van der Waals surface area (Å²) in [5, 5.41) is 14.7. The van der Waals surface area contributed by atoms with E-state index in [2.05, 4.69) is 15.6 Å². The van der Waals surface area contributed by atoms with Crippen molar-refractivity contribution in [2.24, 2.45) is 11.8 Å². The zero-order valence-electron chi connectivity index (χ0n) is 12.9. The quantitative estimate of drug-likeness (QED) is 0.878. The fourth-order valence-corrected chi connectivity index (χ4v) is 3.63. The number of nitrogens with one attached hydrogen (secondary N) is 2. The van der Waals surface area contributed by atoms with E-state index in [1.54, 1.807) is 12.1 Å². The van der Waals surface area contributed by atoms with Crippen LogP contribution in [0.5, 0.6) is 0 Å². The van der Waals surface area contributed by atoms with Gasteiger partial charge in [0.05, 0.1) is 23.7 Å². The molecule has 1 aliphatic heterocycles. The molecule has 0 aromatic carbocycles. The van der Waals surface area contributed by atoms with Crippen LogP contribution in [0.3, 0.4) is 0 Å². The third-order valence-corrected chi connectivity index (χ3v) is 4.82. The van der Waals surface area contributed by atoms with E-state index in [0.717, 1.165) is 25.7 Å². The van der Waals surface area contributed by atoms with Gasteiger partial charge in [0.15, 0.2) is 0 Å². The number of amides is 2. The summed E-state index contributed by atoms with van der Waals surface area (Å²) in [6.07, 6.45) is 5.97. The molecular formula is C17H20N4O2. The highest BCUT2D eigenvalue weighted by atomic mass is 16.2. The van der Waals surface area contributed by atoms with Crippen LogP contribution in [0.2, 0.25) is 0 Å². The van der Waals surface area contributed by atoms with E-state index in [1.807, 2.05) is 6.07 Å². The van der Waals surface area contributed by atoms with Gasteiger partial charge in [-0.1, -0.05) is 12.8 Å². The average Bonchev–Trinajstić information content (AvgIpc) is 2.59. The van der Waals surface area contributed by atoms with Gasteiger partial charge in [-0.2, -0.15) is 5.26 Å². The van der Waals surface area contributed by atoms with Crippen molar-refractivity contribution in [2.75, 3.05) is 0 Å². The predicted molar refractivity (Wildman–Crippen MR) is 82.8 cm³/mol. The molecule has 1 aromatic rings. The van der Waals surface area contributed by atoms with Crippen LogP contribution in [-0.2, 0) is 16.1 Å². The first-order valence-corrected chi connectivity index (χ1v) is 8.09. The topological polar surface area (TPSA) is 94.9 Å². The minimum Gasteiger partial charge on any atom is -0.353 e. The molecule has 3 rings (SSSR count). The fraction of sp³-hybridized carbons (Fsp3) is 0.529. The average molecular weight is 312 g/mol. The Labute approximate surface area is 135 Å². The van der Waals surface area contributed by atoms with Gasteiger partial charge in [0.2, 0.25) is 11.8 Å². The number of hydrogen-bond acceptors (Lipinski definition) is 4. The molecule has 1 aliphatic carbocycles. The fourth-order valence-electron chi connectivity index (χ4n) is 3.63. The van der Waals surface area contributed by atoms with E-state index in [-0.39, 0.29) is 36.1 Å². The molecule has 3 atom stereocenters. The molecule has 2 N–H and O–H groups in total. The zero-order chi connectivity index (χ0) is 16.2. The standard InChI is InChI=1S/C17H20N4O2/c18-8-11-5-6-12(19-9-11)10-20-17(23)14-7-16(22)21-15-4-2-1-3-13(14)15/h5-6,9,13-15H,1-4,7,10H2,(H,20,23)(H,21,22). The van der Waals surface area contributed by atoms with Crippen molar-refractivity contribution in [2.45, 2.75) is 44.7 Å². The number of hydrogen-bond donors (Lipinski definition) is 2. The molecule has 0 radical (unpaired) electrons. The lowest BCUT2D eigenvalue weighted by atomic mass is 9.72. The Balaban J connectivity index is 1.62. The first-order chi connectivity index (χ1) is 11.2. The molecule has 23 heavy (non-hydrogen) atoms. The van der Waals surface area contributed by atoms with Crippen molar-refractivity contribution in [1.82, 2.24) is 15.6 Å². The first-order valence-electron chi connectivity index (χ1n) is 8.09. The highest BCUT2D eigenvalue weighted by molar-refractivity contribution is 5.87. The van der Waals surface area contributed by atoms with Gasteiger partial charge in [0.25, 0.3) is 0 Å². The Hall–Kier alpha value is -2.42. The van der Waals surface area contributed by atoms with Crippen molar-refractivity contribution < 1.29 is 9.59 Å². The molecule has 1 saturated carbocycles. The summed E-state index contributed by atoms with van der Waals surface area (Å²) in [4.78, 5) is 28.5. The first kappa shape index (κ1) is 15.5. The molecule has 6 nitrogen and oxygen atoms in total. The Morgan fingerprint density at radius 2 is 2.22 bits per heavy atom. The van der Waals surface area contributed by atoms with E-state index in [0.29, 0.717) is 17.8 Å². The Bertz CT molecular complexity index is 635. The summed E-state index contributed by atoms with van der Waals surface area (Å²) in [5.74, 6) is -0.0875. The van der Waals surface area contributed by atoms with Crippen molar-refractivity contribution >= 4 is 11.8 Å². The molecular weight excluding hydrogens is 292 g/mol. The number of carbonyl (C=O) groups is 2. The van der Waals surface area contributed by atoms with Crippen LogP contribution in [0.1, 0.15) is 43.4 Å². The Kier molecular flexibility index (Phi) is 4.56. The van der Waals surface area contributed by atoms with Gasteiger partial charge in [-0.15, -0.1) is 0 Å². The molecule has 1 saturated heterocycles. The Morgan fingerprint density at radius 1 is 1.39 bits per heavy atom. The maximum Gasteiger partial charge on any atom is 0.224 e. The molecule has 120 valence electrons. The van der Waals surface area contributed by atoms with Gasteiger partial charge in [0, 0.05) is 18.7 Å². The van der Waals surface area contributed by atoms with E-state index < -0.39 is 0 Å². The van der Waals surface area contributed by atoms with E-state index in [4.69, 9.17) is 5.26 Å². The smallest absolute Gasteiger partial charge is 0.224 e. The van der Waals surface area contributed by atoms with Crippen LogP contribution >= 0.6 is 0 Å². The number of piperidine rings is 1. The normalized spacial score (nSPS) is 26.6. The summed E-state index contributed by atoms with van der Waals surface area (Å²) < 4.78 is 0. The second-order valence-corrected chi connectivity index (χ2v) is 6.30. The number of carbonyl (C=O) groups excluding carboxylic acids is 2. The molecule has 3 unspecified atom stereocenters. The minimum atomic E-state index is -0.243. The van der Waals surface area contributed by atoms with Crippen molar-refractivity contribution in [1.29, 1.82) is 5.26 Å². The van der Waals surface area contributed by atoms with Gasteiger partial charge in [-0.25, -0.2) is 0 Å². The largest absolute Gasteiger partial charge is 0.353 e. The van der Waals surface area contributed by atoms with Crippen LogP contribution in [-0.4, -0.2) is 22.8 Å². The number of aromatic nitrogens is 1. The van der Waals surface area contributed by atoms with E-state index in [9.17, 15) is 9.59 Å².